The van der Waals surface area contributed by atoms with Gasteiger partial charge in [-0.2, -0.15) is 8.78 Å². The van der Waals surface area contributed by atoms with E-state index >= 15 is 0 Å². The molecule has 2 rings (SSSR count). The molecule has 0 saturated heterocycles. The van der Waals surface area contributed by atoms with E-state index in [1.165, 1.54) is 27.4 Å². The molecular weight excluding hydrogens is 398 g/mol. The normalized spacial score (nSPS) is 10.8. The summed E-state index contributed by atoms with van der Waals surface area (Å²) in [7, 11) is 6.34. The molecule has 2 aromatic carbocycles. The standard InChI is InChI=1S/C21H26F2N2O5/c1-25(13-14-6-5-7-16(10-14)30-21(22)23)9-8-19(26)24-15-11-17(27-2)20(29-4)18(12-15)28-3/h5-7,10-12,21H,8-9,13H2,1-4H3,(H,24,26). The number of ether oxygens (including phenoxy) is 4. The number of hydrogen-bond donors (Lipinski definition) is 1. The minimum atomic E-state index is -2.86. The van der Waals surface area contributed by atoms with Gasteiger partial charge < -0.3 is 29.2 Å². The lowest BCUT2D eigenvalue weighted by Gasteiger charge is -2.18. The summed E-state index contributed by atoms with van der Waals surface area (Å²) in [6.45, 7) is -1.91. The molecule has 164 valence electrons. The smallest absolute Gasteiger partial charge is 0.387 e. The number of methoxy groups -OCH3 is 3. The molecule has 0 fully saturated rings. The van der Waals surface area contributed by atoms with Gasteiger partial charge in [-0.25, -0.2) is 0 Å². The zero-order chi connectivity index (χ0) is 22.1. The first-order chi connectivity index (χ1) is 14.4. The molecule has 0 saturated carbocycles. The number of halogens is 2. The monoisotopic (exact) mass is 424 g/mol. The van der Waals surface area contributed by atoms with Crippen LogP contribution >= 0.6 is 0 Å². The fourth-order valence-corrected chi connectivity index (χ4v) is 2.88. The summed E-state index contributed by atoms with van der Waals surface area (Å²) in [6, 6.07) is 9.79. The maximum absolute atomic E-state index is 12.3. The van der Waals surface area contributed by atoms with E-state index in [0.29, 0.717) is 36.0 Å². The second kappa shape index (κ2) is 11.2. The second-order valence-electron chi connectivity index (χ2n) is 6.48. The molecule has 30 heavy (non-hydrogen) atoms. The van der Waals surface area contributed by atoms with Crippen molar-refractivity contribution in [2.24, 2.45) is 0 Å². The Morgan fingerprint density at radius 2 is 1.73 bits per heavy atom. The predicted molar refractivity (Wildman–Crippen MR) is 109 cm³/mol. The molecule has 9 heteroatoms. The molecule has 1 N–H and O–H groups in total. The number of amides is 1. The van der Waals surface area contributed by atoms with Crippen LogP contribution in [0.15, 0.2) is 36.4 Å². The summed E-state index contributed by atoms with van der Waals surface area (Å²) >= 11 is 0. The first kappa shape index (κ1) is 23.2. The van der Waals surface area contributed by atoms with Gasteiger partial charge in [0, 0.05) is 37.3 Å². The van der Waals surface area contributed by atoms with Gasteiger partial charge in [0.1, 0.15) is 5.75 Å². The van der Waals surface area contributed by atoms with E-state index in [-0.39, 0.29) is 18.1 Å². The number of carbonyl (C=O) groups is 1. The summed E-state index contributed by atoms with van der Waals surface area (Å²) in [4.78, 5) is 14.3. The summed E-state index contributed by atoms with van der Waals surface area (Å²) in [5, 5.41) is 2.81. The number of nitrogens with zero attached hydrogens (tertiary/aromatic N) is 1. The molecule has 0 aliphatic heterocycles. The number of alkyl halides is 2. The van der Waals surface area contributed by atoms with Crippen LogP contribution < -0.4 is 24.3 Å². The van der Waals surface area contributed by atoms with Crippen LogP contribution in [-0.4, -0.2) is 52.3 Å². The molecule has 0 unspecified atom stereocenters. The summed E-state index contributed by atoms with van der Waals surface area (Å²) in [5.41, 5.74) is 1.33. The van der Waals surface area contributed by atoms with Crippen LogP contribution in [0.25, 0.3) is 0 Å². The van der Waals surface area contributed by atoms with Crippen LogP contribution in [-0.2, 0) is 11.3 Å². The van der Waals surface area contributed by atoms with Crippen LogP contribution in [0.5, 0.6) is 23.0 Å². The van der Waals surface area contributed by atoms with E-state index in [9.17, 15) is 13.6 Å². The Morgan fingerprint density at radius 1 is 1.07 bits per heavy atom. The molecular formula is C21H26F2N2O5. The van der Waals surface area contributed by atoms with Gasteiger partial charge >= 0.3 is 6.61 Å². The average Bonchev–Trinajstić information content (AvgIpc) is 2.71. The number of nitrogens with one attached hydrogen (secondary N) is 1. The minimum Gasteiger partial charge on any atom is -0.493 e. The molecule has 7 nitrogen and oxygen atoms in total. The quantitative estimate of drug-likeness (QED) is 0.592. The zero-order valence-corrected chi connectivity index (χ0v) is 17.4. The third kappa shape index (κ3) is 6.77. The number of hydrogen-bond acceptors (Lipinski definition) is 6. The Hall–Kier alpha value is -3.07. The van der Waals surface area contributed by atoms with Crippen LogP contribution in [0, 0.1) is 0 Å². The van der Waals surface area contributed by atoms with Crippen molar-refractivity contribution in [2.45, 2.75) is 19.6 Å². The third-order valence-electron chi connectivity index (χ3n) is 4.25. The fraction of sp³-hybridized carbons (Fsp3) is 0.381. The van der Waals surface area contributed by atoms with Crippen molar-refractivity contribution in [2.75, 3.05) is 40.2 Å². The van der Waals surface area contributed by atoms with Gasteiger partial charge in [-0.3, -0.25) is 4.79 Å². The highest BCUT2D eigenvalue weighted by molar-refractivity contribution is 5.91. The van der Waals surface area contributed by atoms with Gasteiger partial charge in [0.2, 0.25) is 11.7 Å². The largest absolute Gasteiger partial charge is 0.493 e. The molecule has 0 radical (unpaired) electrons. The summed E-state index contributed by atoms with van der Waals surface area (Å²) in [5.74, 6) is 1.24. The highest BCUT2D eigenvalue weighted by atomic mass is 19.3. The Balaban J connectivity index is 1.91. The highest BCUT2D eigenvalue weighted by Gasteiger charge is 2.15. The molecule has 0 atom stereocenters. The molecule has 0 spiro atoms. The van der Waals surface area contributed by atoms with Gasteiger partial charge in [0.15, 0.2) is 11.5 Å². The number of carbonyl (C=O) groups excluding carboxylic acids is 1. The number of anilines is 1. The Morgan fingerprint density at radius 3 is 2.30 bits per heavy atom. The van der Waals surface area contributed by atoms with E-state index in [1.807, 2.05) is 18.0 Å². The van der Waals surface area contributed by atoms with Crippen LogP contribution in [0.1, 0.15) is 12.0 Å². The lowest BCUT2D eigenvalue weighted by molar-refractivity contribution is -0.116. The predicted octanol–water partition coefficient (Wildman–Crippen LogP) is 3.77. The SMILES string of the molecule is COc1cc(NC(=O)CCN(C)Cc2cccc(OC(F)F)c2)cc(OC)c1OC. The number of rotatable bonds is 11. The lowest BCUT2D eigenvalue weighted by atomic mass is 10.2. The molecule has 0 aromatic heterocycles. The van der Waals surface area contributed by atoms with Crippen molar-refractivity contribution < 1.29 is 32.5 Å². The van der Waals surface area contributed by atoms with Gasteiger partial charge in [-0.15, -0.1) is 0 Å². The first-order valence-electron chi connectivity index (χ1n) is 9.18. The zero-order valence-electron chi connectivity index (χ0n) is 17.4. The van der Waals surface area contributed by atoms with Crippen molar-refractivity contribution >= 4 is 11.6 Å². The van der Waals surface area contributed by atoms with Crippen molar-refractivity contribution in [1.82, 2.24) is 4.90 Å². The lowest BCUT2D eigenvalue weighted by Crippen LogP contribution is -2.24. The average molecular weight is 424 g/mol. The topological polar surface area (TPSA) is 69.3 Å². The molecule has 0 aliphatic carbocycles. The molecule has 0 bridgehead atoms. The van der Waals surface area contributed by atoms with E-state index in [4.69, 9.17) is 14.2 Å². The molecule has 2 aromatic rings. The van der Waals surface area contributed by atoms with Gasteiger partial charge in [0.25, 0.3) is 0 Å². The summed E-state index contributed by atoms with van der Waals surface area (Å²) < 4.78 is 44.9. The van der Waals surface area contributed by atoms with Gasteiger partial charge in [0.05, 0.1) is 21.3 Å². The third-order valence-corrected chi connectivity index (χ3v) is 4.25. The maximum atomic E-state index is 12.3. The van der Waals surface area contributed by atoms with Crippen LogP contribution in [0.4, 0.5) is 14.5 Å². The molecule has 0 heterocycles. The summed E-state index contributed by atoms with van der Waals surface area (Å²) in [6.07, 6.45) is 0.236. The Bertz CT molecular complexity index is 823. The Kier molecular flexibility index (Phi) is 8.67. The molecule has 0 aliphatic rings. The van der Waals surface area contributed by atoms with E-state index in [1.54, 1.807) is 24.3 Å². The minimum absolute atomic E-state index is 0.107. The number of benzene rings is 2. The Labute approximate surface area is 174 Å². The van der Waals surface area contributed by atoms with Gasteiger partial charge in [-0.05, 0) is 24.7 Å². The highest BCUT2D eigenvalue weighted by Crippen LogP contribution is 2.39. The second-order valence-corrected chi connectivity index (χ2v) is 6.48. The van der Waals surface area contributed by atoms with Crippen molar-refractivity contribution in [3.8, 4) is 23.0 Å². The van der Waals surface area contributed by atoms with Crippen LogP contribution in [0.3, 0.4) is 0 Å². The van der Waals surface area contributed by atoms with Crippen molar-refractivity contribution in [3.63, 3.8) is 0 Å². The fourth-order valence-electron chi connectivity index (χ4n) is 2.88. The van der Waals surface area contributed by atoms with E-state index < -0.39 is 6.61 Å². The maximum Gasteiger partial charge on any atom is 0.387 e. The van der Waals surface area contributed by atoms with E-state index in [0.717, 1.165) is 5.56 Å². The van der Waals surface area contributed by atoms with Crippen LogP contribution in [0.2, 0.25) is 0 Å². The van der Waals surface area contributed by atoms with Gasteiger partial charge in [-0.1, -0.05) is 12.1 Å². The van der Waals surface area contributed by atoms with Crippen molar-refractivity contribution in [1.29, 1.82) is 0 Å². The van der Waals surface area contributed by atoms with Crippen molar-refractivity contribution in [3.05, 3.63) is 42.0 Å². The first-order valence-corrected chi connectivity index (χ1v) is 9.18. The van der Waals surface area contributed by atoms with E-state index in [2.05, 4.69) is 10.1 Å². The molecule has 1 amide bonds.